The van der Waals surface area contributed by atoms with Crippen LogP contribution < -0.4 is 5.32 Å². The second-order valence-electron chi connectivity index (χ2n) is 6.01. The third kappa shape index (κ3) is 3.51. The first kappa shape index (κ1) is 17.0. The molecule has 21 heavy (non-hydrogen) atoms. The van der Waals surface area contributed by atoms with Crippen LogP contribution in [0.25, 0.3) is 0 Å². The van der Waals surface area contributed by atoms with E-state index in [2.05, 4.69) is 44.9 Å². The lowest BCUT2D eigenvalue weighted by atomic mass is 9.74. The van der Waals surface area contributed by atoms with Gasteiger partial charge in [-0.3, -0.25) is 4.68 Å². The molecule has 0 aromatic carbocycles. The van der Waals surface area contributed by atoms with Gasteiger partial charge in [-0.2, -0.15) is 5.10 Å². The molecule has 4 nitrogen and oxygen atoms in total. The Hall–Kier alpha value is -0.390. The average Bonchev–Trinajstić information content (AvgIpc) is 3.11. The number of nitrogens with one attached hydrogen (secondary N) is 1. The maximum atomic E-state index is 5.23. The fourth-order valence-corrected chi connectivity index (χ4v) is 4.27. The lowest BCUT2D eigenvalue weighted by Crippen LogP contribution is -2.38. The summed E-state index contributed by atoms with van der Waals surface area (Å²) in [6, 6.07) is 0.365. The van der Waals surface area contributed by atoms with Crippen molar-refractivity contribution in [3.8, 4) is 0 Å². The van der Waals surface area contributed by atoms with Crippen molar-refractivity contribution in [1.29, 1.82) is 0 Å². The van der Waals surface area contributed by atoms with E-state index in [0.717, 1.165) is 17.6 Å². The second-order valence-corrected chi connectivity index (χ2v) is 6.86. The van der Waals surface area contributed by atoms with E-state index < -0.39 is 0 Å². The number of methoxy groups -OCH3 is 1. The van der Waals surface area contributed by atoms with Crippen molar-refractivity contribution in [3.05, 3.63) is 16.4 Å². The SMILES string of the molecule is CCNC(c1c(Br)cnn1CCOC)C1(CC)CCCC1. The zero-order valence-electron chi connectivity index (χ0n) is 13.5. The maximum Gasteiger partial charge on any atom is 0.0702 e. The minimum Gasteiger partial charge on any atom is -0.383 e. The Labute approximate surface area is 136 Å². The molecule has 1 aromatic rings. The number of aromatic nitrogens is 2. The molecule has 120 valence electrons. The first-order valence-corrected chi connectivity index (χ1v) is 8.91. The molecule has 1 heterocycles. The van der Waals surface area contributed by atoms with Crippen LogP contribution in [0, 0.1) is 5.41 Å². The Morgan fingerprint density at radius 1 is 1.43 bits per heavy atom. The van der Waals surface area contributed by atoms with Gasteiger partial charge in [0.05, 0.1) is 35.6 Å². The third-order valence-corrected chi connectivity index (χ3v) is 5.55. The van der Waals surface area contributed by atoms with Crippen LogP contribution in [-0.2, 0) is 11.3 Å². The summed E-state index contributed by atoms with van der Waals surface area (Å²) in [7, 11) is 1.74. The van der Waals surface area contributed by atoms with Crippen LogP contribution in [0.4, 0.5) is 0 Å². The van der Waals surface area contributed by atoms with Gasteiger partial charge in [0.1, 0.15) is 0 Å². The predicted octanol–water partition coefficient (Wildman–Crippen LogP) is 3.91. The average molecular weight is 358 g/mol. The number of hydrogen-bond donors (Lipinski definition) is 1. The van der Waals surface area contributed by atoms with Crippen LogP contribution in [-0.4, -0.2) is 30.0 Å². The van der Waals surface area contributed by atoms with Gasteiger partial charge in [0.25, 0.3) is 0 Å². The van der Waals surface area contributed by atoms with E-state index in [-0.39, 0.29) is 0 Å². The topological polar surface area (TPSA) is 39.1 Å². The third-order valence-electron chi connectivity index (χ3n) is 4.94. The zero-order valence-corrected chi connectivity index (χ0v) is 15.1. The summed E-state index contributed by atoms with van der Waals surface area (Å²) in [6.07, 6.45) is 8.45. The smallest absolute Gasteiger partial charge is 0.0702 e. The van der Waals surface area contributed by atoms with Gasteiger partial charge in [0, 0.05) is 7.11 Å². The Bertz CT molecular complexity index is 441. The van der Waals surface area contributed by atoms with Crippen molar-refractivity contribution < 1.29 is 4.74 Å². The van der Waals surface area contributed by atoms with Crippen LogP contribution in [0.5, 0.6) is 0 Å². The summed E-state index contributed by atoms with van der Waals surface area (Å²) in [4.78, 5) is 0. The van der Waals surface area contributed by atoms with Gasteiger partial charge in [-0.05, 0) is 47.2 Å². The van der Waals surface area contributed by atoms with Gasteiger partial charge in [-0.1, -0.05) is 26.7 Å². The van der Waals surface area contributed by atoms with Crippen molar-refractivity contribution in [1.82, 2.24) is 15.1 Å². The highest BCUT2D eigenvalue weighted by Gasteiger charge is 2.42. The number of rotatable bonds is 8. The molecule has 0 radical (unpaired) electrons. The molecule has 0 spiro atoms. The summed E-state index contributed by atoms with van der Waals surface area (Å²) in [5.41, 5.74) is 1.65. The monoisotopic (exact) mass is 357 g/mol. The molecule has 1 fully saturated rings. The highest BCUT2D eigenvalue weighted by Crippen LogP contribution is 2.51. The Balaban J connectivity index is 2.35. The van der Waals surface area contributed by atoms with Crippen molar-refractivity contribution in [2.45, 2.75) is 58.5 Å². The summed E-state index contributed by atoms with van der Waals surface area (Å²) in [5.74, 6) is 0. The highest BCUT2D eigenvalue weighted by molar-refractivity contribution is 9.10. The van der Waals surface area contributed by atoms with E-state index in [1.54, 1.807) is 7.11 Å². The van der Waals surface area contributed by atoms with Crippen molar-refractivity contribution in [3.63, 3.8) is 0 Å². The van der Waals surface area contributed by atoms with E-state index >= 15 is 0 Å². The molecule has 1 unspecified atom stereocenters. The fraction of sp³-hybridized carbons (Fsp3) is 0.812. The normalized spacial score (nSPS) is 19.0. The quantitative estimate of drug-likeness (QED) is 0.766. The summed E-state index contributed by atoms with van der Waals surface area (Å²) in [6.45, 7) is 7.00. The molecule has 1 N–H and O–H groups in total. The van der Waals surface area contributed by atoms with Crippen molar-refractivity contribution >= 4 is 15.9 Å². The summed E-state index contributed by atoms with van der Waals surface area (Å²) in [5, 5.41) is 8.29. The Morgan fingerprint density at radius 2 is 2.14 bits per heavy atom. The highest BCUT2D eigenvalue weighted by atomic mass is 79.9. The van der Waals surface area contributed by atoms with E-state index in [1.165, 1.54) is 37.8 Å². The zero-order chi connectivity index (χ0) is 15.3. The molecule has 0 bridgehead atoms. The van der Waals surface area contributed by atoms with E-state index in [4.69, 9.17) is 4.74 Å². The van der Waals surface area contributed by atoms with Crippen molar-refractivity contribution in [2.75, 3.05) is 20.3 Å². The van der Waals surface area contributed by atoms with Crippen LogP contribution in [0.3, 0.4) is 0 Å². The lowest BCUT2D eigenvalue weighted by molar-refractivity contribution is 0.163. The van der Waals surface area contributed by atoms with Crippen LogP contribution in [0.1, 0.15) is 57.7 Å². The fourth-order valence-electron chi connectivity index (χ4n) is 3.75. The molecule has 1 aromatic heterocycles. The lowest BCUT2D eigenvalue weighted by Gasteiger charge is -2.38. The minimum absolute atomic E-state index is 0.364. The number of hydrogen-bond acceptors (Lipinski definition) is 3. The first-order valence-electron chi connectivity index (χ1n) is 8.12. The van der Waals surface area contributed by atoms with Gasteiger partial charge in [0.15, 0.2) is 0 Å². The molecule has 1 atom stereocenters. The van der Waals surface area contributed by atoms with Gasteiger partial charge in [-0.15, -0.1) is 0 Å². The molecule has 2 rings (SSSR count). The number of nitrogens with zero attached hydrogens (tertiary/aromatic N) is 2. The Kier molecular flexibility index (Phi) is 6.26. The van der Waals surface area contributed by atoms with Gasteiger partial charge in [0.2, 0.25) is 0 Å². The summed E-state index contributed by atoms with van der Waals surface area (Å²) >= 11 is 3.72. The predicted molar refractivity (Wildman–Crippen MR) is 89.4 cm³/mol. The van der Waals surface area contributed by atoms with Crippen LogP contribution in [0.2, 0.25) is 0 Å². The molecular formula is C16H28BrN3O. The molecule has 0 saturated heterocycles. The first-order chi connectivity index (χ1) is 10.2. The molecular weight excluding hydrogens is 330 g/mol. The second kappa shape index (κ2) is 7.75. The molecule has 5 heteroatoms. The molecule has 1 aliphatic rings. The maximum absolute atomic E-state index is 5.23. The largest absolute Gasteiger partial charge is 0.383 e. The van der Waals surface area contributed by atoms with Gasteiger partial charge < -0.3 is 10.1 Å². The van der Waals surface area contributed by atoms with E-state index in [0.29, 0.717) is 18.1 Å². The Morgan fingerprint density at radius 3 is 2.71 bits per heavy atom. The molecule has 1 saturated carbocycles. The number of ether oxygens (including phenoxy) is 1. The van der Waals surface area contributed by atoms with Gasteiger partial charge in [-0.25, -0.2) is 0 Å². The van der Waals surface area contributed by atoms with E-state index in [9.17, 15) is 0 Å². The molecule has 0 amide bonds. The molecule has 1 aliphatic carbocycles. The van der Waals surface area contributed by atoms with Crippen LogP contribution >= 0.6 is 15.9 Å². The van der Waals surface area contributed by atoms with Gasteiger partial charge >= 0.3 is 0 Å². The van der Waals surface area contributed by atoms with Crippen molar-refractivity contribution in [2.24, 2.45) is 5.41 Å². The standard InChI is InChI=1S/C16H28BrN3O/c1-4-16(8-6-7-9-16)15(18-5-2)14-13(17)12-19-20(14)10-11-21-3/h12,15,18H,4-11H2,1-3H3. The number of halogens is 1. The minimum atomic E-state index is 0.364. The van der Waals surface area contributed by atoms with Crippen LogP contribution in [0.15, 0.2) is 10.7 Å². The van der Waals surface area contributed by atoms with E-state index in [1.807, 2.05) is 6.20 Å². The molecule has 0 aliphatic heterocycles. The summed E-state index contributed by atoms with van der Waals surface area (Å²) < 4.78 is 8.45.